The fourth-order valence-corrected chi connectivity index (χ4v) is 13.8. The molecule has 0 aliphatic heterocycles. The minimum absolute atomic E-state index is 0.107. The molecule has 0 rings (SSSR count). The minimum atomic E-state index is -4.96. The maximum absolute atomic E-state index is 13.1. The second-order valence-electron chi connectivity index (χ2n) is 28.9. The number of aliphatic hydroxyl groups is 1. The van der Waals surface area contributed by atoms with Gasteiger partial charge in [0, 0.05) is 25.7 Å². The fourth-order valence-electron chi connectivity index (χ4n) is 12.2. The topological polar surface area (TPSA) is 237 Å². The van der Waals surface area contributed by atoms with Crippen LogP contribution < -0.4 is 0 Å². The maximum atomic E-state index is 13.1. The van der Waals surface area contributed by atoms with Gasteiger partial charge in [-0.3, -0.25) is 37.3 Å². The van der Waals surface area contributed by atoms with Gasteiger partial charge in [-0.25, -0.2) is 9.13 Å². The number of hydrogen-bond acceptors (Lipinski definition) is 15. The zero-order valence-electron chi connectivity index (χ0n) is 63.9. The first-order chi connectivity index (χ1) is 47.5. The highest BCUT2D eigenvalue weighted by atomic mass is 31.2. The molecular weight excluding hydrogens is 1280 g/mol. The van der Waals surface area contributed by atoms with Gasteiger partial charge >= 0.3 is 39.5 Å². The number of unbranched alkanes of at least 4 members (excludes halogenated alkanes) is 51. The highest BCUT2D eigenvalue weighted by Gasteiger charge is 2.30. The Balaban J connectivity index is 5.24. The molecule has 0 aromatic rings. The molecule has 2 unspecified atom stereocenters. The van der Waals surface area contributed by atoms with Gasteiger partial charge in [0.15, 0.2) is 12.2 Å². The number of phosphoric ester groups is 2. The Morgan fingerprint density at radius 3 is 0.694 bits per heavy atom. The number of carbonyl (C=O) groups is 4. The predicted octanol–water partition coefficient (Wildman–Crippen LogP) is 23.6. The Bertz CT molecular complexity index is 1870. The predicted molar refractivity (Wildman–Crippen MR) is 400 cm³/mol. The van der Waals surface area contributed by atoms with Gasteiger partial charge in [0.2, 0.25) is 0 Å². The molecule has 0 aromatic heterocycles. The summed E-state index contributed by atoms with van der Waals surface area (Å²) in [5.74, 6) is -1.36. The van der Waals surface area contributed by atoms with Crippen LogP contribution in [0.3, 0.4) is 0 Å². The van der Waals surface area contributed by atoms with Gasteiger partial charge in [-0.05, 0) is 31.6 Å². The summed E-state index contributed by atoms with van der Waals surface area (Å²) < 4.78 is 68.7. The van der Waals surface area contributed by atoms with Crippen molar-refractivity contribution >= 4 is 39.5 Å². The van der Waals surface area contributed by atoms with Crippen molar-refractivity contribution in [1.29, 1.82) is 0 Å². The molecule has 0 heterocycles. The first-order valence-electron chi connectivity index (χ1n) is 41.1. The van der Waals surface area contributed by atoms with Crippen molar-refractivity contribution in [1.82, 2.24) is 0 Å². The summed E-state index contributed by atoms with van der Waals surface area (Å²) >= 11 is 0. The number of esters is 4. The lowest BCUT2D eigenvalue weighted by Gasteiger charge is -2.21. The molecule has 582 valence electrons. The molecular formula is C79H154O17P2. The first kappa shape index (κ1) is 96.1. The van der Waals surface area contributed by atoms with E-state index in [-0.39, 0.29) is 25.7 Å². The van der Waals surface area contributed by atoms with Gasteiger partial charge in [0.1, 0.15) is 19.3 Å². The number of phosphoric acid groups is 2. The summed E-state index contributed by atoms with van der Waals surface area (Å²) in [6.07, 6.45) is 62.3. The average Bonchev–Trinajstić information content (AvgIpc) is 1.09. The van der Waals surface area contributed by atoms with E-state index in [0.717, 1.165) is 95.8 Å². The maximum Gasteiger partial charge on any atom is 0.472 e. The van der Waals surface area contributed by atoms with Crippen molar-refractivity contribution in [2.24, 2.45) is 5.92 Å². The van der Waals surface area contributed by atoms with Crippen LogP contribution in [-0.4, -0.2) is 96.7 Å². The molecule has 0 radical (unpaired) electrons. The third kappa shape index (κ3) is 72.4. The standard InChI is InChI=1S/C79H154O17P2/c1-6-9-12-15-18-21-24-26-28-29-30-31-33-35-38-44-49-54-59-64-78(83)95-74(69-90-77(82)63-58-53-48-43-37-34-32-27-25-22-19-16-13-10-7-2)70-93-97(85,86)91-66-73(80)67-92-98(87,88)94-71-75(68-89-76(81)62-57-52-47-42-36-23-20-17-14-11-8-3)96-79(84)65-60-55-50-45-40-39-41-46-51-56-61-72(4)5/h72-75,80H,6-71H2,1-5H3,(H,85,86)(H,87,88)/t73-,74-,75-/m1/s1. The monoisotopic (exact) mass is 1440 g/mol. The van der Waals surface area contributed by atoms with Gasteiger partial charge in [0.05, 0.1) is 26.4 Å². The van der Waals surface area contributed by atoms with Crippen molar-refractivity contribution < 1.29 is 80.2 Å². The Labute approximate surface area is 600 Å². The summed E-state index contributed by atoms with van der Waals surface area (Å²) in [5, 5.41) is 10.6. The van der Waals surface area contributed by atoms with Crippen molar-refractivity contribution in [2.75, 3.05) is 39.6 Å². The average molecular weight is 1440 g/mol. The van der Waals surface area contributed by atoms with E-state index < -0.39 is 97.5 Å². The quantitative estimate of drug-likeness (QED) is 0.0222. The third-order valence-corrected chi connectivity index (χ3v) is 20.4. The molecule has 0 aliphatic carbocycles. The largest absolute Gasteiger partial charge is 0.472 e. The van der Waals surface area contributed by atoms with E-state index in [1.54, 1.807) is 0 Å². The first-order valence-corrected chi connectivity index (χ1v) is 44.1. The molecule has 0 aliphatic rings. The van der Waals surface area contributed by atoms with Crippen molar-refractivity contribution in [3.8, 4) is 0 Å². The van der Waals surface area contributed by atoms with E-state index in [2.05, 4.69) is 34.6 Å². The van der Waals surface area contributed by atoms with Crippen LogP contribution in [0.4, 0.5) is 0 Å². The number of ether oxygens (including phenoxy) is 4. The molecule has 0 spiro atoms. The van der Waals surface area contributed by atoms with E-state index in [4.69, 9.17) is 37.0 Å². The summed E-state index contributed by atoms with van der Waals surface area (Å²) in [5.41, 5.74) is 0. The SMILES string of the molecule is CCCCCCCCCCCCCCCCCCCCCC(=O)O[C@H](COC(=O)CCCCCCCCCCCCCCCCC)COP(=O)(O)OC[C@@H](O)COP(=O)(O)OC[C@@H](COC(=O)CCCCCCCCCCCCC)OC(=O)CCCCCCCCCCCCC(C)C. The van der Waals surface area contributed by atoms with Gasteiger partial charge in [0.25, 0.3) is 0 Å². The van der Waals surface area contributed by atoms with Crippen LogP contribution in [0.25, 0.3) is 0 Å². The Morgan fingerprint density at radius 1 is 0.276 bits per heavy atom. The zero-order valence-corrected chi connectivity index (χ0v) is 65.7. The lowest BCUT2D eigenvalue weighted by molar-refractivity contribution is -0.161. The van der Waals surface area contributed by atoms with Crippen LogP contribution in [0.1, 0.15) is 420 Å². The summed E-state index contributed by atoms with van der Waals surface area (Å²) in [7, 11) is -9.91. The number of hydrogen-bond donors (Lipinski definition) is 3. The Kier molecular flexibility index (Phi) is 70.6. The molecule has 17 nitrogen and oxygen atoms in total. The second kappa shape index (κ2) is 72.0. The van der Waals surface area contributed by atoms with Crippen LogP contribution >= 0.6 is 15.6 Å². The Hall–Kier alpha value is -1.94. The smallest absolute Gasteiger partial charge is 0.462 e. The molecule has 0 fully saturated rings. The molecule has 3 N–H and O–H groups in total. The lowest BCUT2D eigenvalue weighted by Crippen LogP contribution is -2.30. The third-order valence-electron chi connectivity index (χ3n) is 18.5. The van der Waals surface area contributed by atoms with Crippen LogP contribution in [0.15, 0.2) is 0 Å². The van der Waals surface area contributed by atoms with Gasteiger partial charge in [-0.15, -0.1) is 0 Å². The summed E-state index contributed by atoms with van der Waals surface area (Å²) in [6, 6.07) is 0. The molecule has 0 saturated carbocycles. The molecule has 0 saturated heterocycles. The van der Waals surface area contributed by atoms with Gasteiger partial charge in [-0.2, -0.15) is 0 Å². The second-order valence-corrected chi connectivity index (χ2v) is 31.8. The van der Waals surface area contributed by atoms with E-state index >= 15 is 0 Å². The van der Waals surface area contributed by atoms with Gasteiger partial charge < -0.3 is 33.8 Å². The van der Waals surface area contributed by atoms with Gasteiger partial charge in [-0.1, -0.05) is 369 Å². The van der Waals surface area contributed by atoms with Crippen LogP contribution in [0.2, 0.25) is 0 Å². The number of aliphatic hydroxyl groups excluding tert-OH is 1. The normalized spacial score (nSPS) is 13.9. The summed E-state index contributed by atoms with van der Waals surface area (Å²) in [6.45, 7) is 7.31. The van der Waals surface area contributed by atoms with Crippen molar-refractivity contribution in [2.45, 2.75) is 438 Å². The summed E-state index contributed by atoms with van der Waals surface area (Å²) in [4.78, 5) is 72.9. The van der Waals surface area contributed by atoms with Crippen LogP contribution in [0, 0.1) is 5.92 Å². The van der Waals surface area contributed by atoms with E-state index in [9.17, 15) is 43.2 Å². The molecule has 98 heavy (non-hydrogen) atoms. The highest BCUT2D eigenvalue weighted by Crippen LogP contribution is 2.45. The molecule has 5 atom stereocenters. The fraction of sp³-hybridized carbons (Fsp3) is 0.949. The van der Waals surface area contributed by atoms with Crippen LogP contribution in [0.5, 0.6) is 0 Å². The van der Waals surface area contributed by atoms with E-state index in [0.29, 0.717) is 25.7 Å². The molecule has 0 amide bonds. The van der Waals surface area contributed by atoms with E-state index in [1.165, 1.54) is 244 Å². The molecule has 0 aromatic carbocycles. The highest BCUT2D eigenvalue weighted by molar-refractivity contribution is 7.47. The zero-order chi connectivity index (χ0) is 71.9. The van der Waals surface area contributed by atoms with Crippen molar-refractivity contribution in [3.05, 3.63) is 0 Å². The molecule has 0 bridgehead atoms. The number of carbonyl (C=O) groups excluding carboxylic acids is 4. The Morgan fingerprint density at radius 2 is 0.469 bits per heavy atom. The minimum Gasteiger partial charge on any atom is -0.462 e. The molecule has 19 heteroatoms. The lowest BCUT2D eigenvalue weighted by atomic mass is 10.0. The van der Waals surface area contributed by atoms with Crippen molar-refractivity contribution in [3.63, 3.8) is 0 Å². The van der Waals surface area contributed by atoms with E-state index in [1.807, 2.05) is 0 Å². The number of rotatable bonds is 79. The van der Waals surface area contributed by atoms with Crippen LogP contribution in [-0.2, 0) is 65.4 Å².